The largest absolute Gasteiger partial charge is 0.426 e. The van der Waals surface area contributed by atoms with E-state index in [1.54, 1.807) is 17.9 Å². The minimum absolute atomic E-state index is 0.454. The van der Waals surface area contributed by atoms with Crippen LogP contribution < -0.4 is 4.90 Å². The van der Waals surface area contributed by atoms with Crippen molar-refractivity contribution in [3.05, 3.63) is 84.9 Å². The number of hydrogen-bond donors (Lipinski definition) is 1. The second-order valence-electron chi connectivity index (χ2n) is 9.65. The van der Waals surface area contributed by atoms with Crippen LogP contribution in [0.4, 0.5) is 5.82 Å². The molecule has 10 heteroatoms. The lowest BCUT2D eigenvalue weighted by Crippen LogP contribution is -2.44. The normalized spacial score (nSPS) is 14.3. The first-order valence-electron chi connectivity index (χ1n) is 12.8. The molecule has 0 spiro atoms. The van der Waals surface area contributed by atoms with Gasteiger partial charge in [-0.25, -0.2) is 15.0 Å². The van der Waals surface area contributed by atoms with Crippen molar-refractivity contribution in [2.75, 3.05) is 38.1 Å². The first-order valence-corrected chi connectivity index (χ1v) is 13.7. The highest BCUT2D eigenvalue weighted by molar-refractivity contribution is 7.13. The number of piperazine rings is 1. The van der Waals surface area contributed by atoms with Gasteiger partial charge in [0.1, 0.15) is 22.9 Å². The Morgan fingerprint density at radius 2 is 1.69 bits per heavy atom. The van der Waals surface area contributed by atoms with E-state index in [9.17, 15) is 5.21 Å². The van der Waals surface area contributed by atoms with Crippen molar-refractivity contribution in [2.45, 2.75) is 0 Å². The number of likely N-dealkylation sites (N-methyl/N-ethyl adjacent to an activating group) is 1. The number of aromatic nitrogens is 6. The van der Waals surface area contributed by atoms with Gasteiger partial charge in [-0.3, -0.25) is 4.98 Å². The first-order chi connectivity index (χ1) is 19.2. The van der Waals surface area contributed by atoms with Crippen LogP contribution in [0.2, 0.25) is 0 Å². The molecule has 1 saturated heterocycles. The summed E-state index contributed by atoms with van der Waals surface area (Å²) in [6.45, 7) is 3.92. The maximum atomic E-state index is 11.3. The van der Waals surface area contributed by atoms with Crippen LogP contribution in [0.1, 0.15) is 0 Å². The highest BCUT2D eigenvalue weighted by Crippen LogP contribution is 2.37. The molecule has 1 N–H and O–H groups in total. The highest BCUT2D eigenvalue weighted by Gasteiger charge is 2.23. The lowest BCUT2D eigenvalue weighted by molar-refractivity contribution is 0.195. The number of benzene rings is 1. The van der Waals surface area contributed by atoms with Gasteiger partial charge in [-0.2, -0.15) is 4.73 Å². The SMILES string of the molecule is CN1CCN(c2ccc(-c3c(-c4ccc(-n5ccc6cccnc65)cc4)nc(-c4cncs4)n3O)cn2)CC1. The zero-order valence-corrected chi connectivity index (χ0v) is 22.2. The Kier molecular flexibility index (Phi) is 5.83. The van der Waals surface area contributed by atoms with Crippen molar-refractivity contribution < 1.29 is 5.21 Å². The van der Waals surface area contributed by atoms with E-state index in [4.69, 9.17) is 9.97 Å². The Morgan fingerprint density at radius 3 is 2.44 bits per heavy atom. The monoisotopic (exact) mass is 534 g/mol. The molecular weight excluding hydrogens is 508 g/mol. The van der Waals surface area contributed by atoms with E-state index in [1.807, 2.05) is 54.9 Å². The highest BCUT2D eigenvalue weighted by atomic mass is 32.1. The second-order valence-corrected chi connectivity index (χ2v) is 10.5. The van der Waals surface area contributed by atoms with Gasteiger partial charge in [0.2, 0.25) is 0 Å². The Hall–Kier alpha value is -4.54. The third kappa shape index (κ3) is 4.23. The predicted octanol–water partition coefficient (Wildman–Crippen LogP) is 5.06. The molecule has 9 nitrogen and oxygen atoms in total. The van der Waals surface area contributed by atoms with Crippen LogP contribution >= 0.6 is 11.3 Å². The summed E-state index contributed by atoms with van der Waals surface area (Å²) in [4.78, 5) is 23.8. The average Bonchev–Trinajstić information content (AvgIpc) is 3.73. The maximum absolute atomic E-state index is 11.3. The molecule has 39 heavy (non-hydrogen) atoms. The van der Waals surface area contributed by atoms with Gasteiger partial charge in [-0.05, 0) is 49.5 Å². The standard InChI is InChI=1S/C29H26N8OS/c1-34-13-15-35(16-14-34)25-9-6-22(17-32-25)27-26(33-29(37(27)38)24-18-30-19-39-24)20-4-7-23(8-5-20)36-12-10-21-3-2-11-31-28(21)36/h2-12,17-19,38H,13-16H2,1H3. The van der Waals surface area contributed by atoms with Crippen molar-refractivity contribution in [1.82, 2.24) is 34.1 Å². The van der Waals surface area contributed by atoms with Gasteiger partial charge in [0.05, 0.1) is 10.4 Å². The third-order valence-corrected chi connectivity index (χ3v) is 7.99. The number of anilines is 1. The lowest BCUT2D eigenvalue weighted by Gasteiger charge is -2.33. The van der Waals surface area contributed by atoms with Crippen LogP contribution in [0.3, 0.4) is 0 Å². The zero-order chi connectivity index (χ0) is 26.3. The summed E-state index contributed by atoms with van der Waals surface area (Å²) in [7, 11) is 2.14. The van der Waals surface area contributed by atoms with Crippen LogP contribution in [0, 0.1) is 0 Å². The van der Waals surface area contributed by atoms with E-state index in [-0.39, 0.29) is 0 Å². The lowest BCUT2D eigenvalue weighted by atomic mass is 10.1. The van der Waals surface area contributed by atoms with Crippen LogP contribution in [0.5, 0.6) is 0 Å². The van der Waals surface area contributed by atoms with Crippen molar-refractivity contribution in [3.63, 3.8) is 0 Å². The fourth-order valence-corrected chi connectivity index (χ4v) is 5.66. The van der Waals surface area contributed by atoms with Gasteiger partial charge in [0, 0.05) is 73.2 Å². The minimum Gasteiger partial charge on any atom is -0.426 e. The molecule has 0 saturated carbocycles. The van der Waals surface area contributed by atoms with Gasteiger partial charge >= 0.3 is 0 Å². The van der Waals surface area contributed by atoms with E-state index in [2.05, 4.69) is 43.5 Å². The Labute approximate surface area is 229 Å². The van der Waals surface area contributed by atoms with E-state index in [1.165, 1.54) is 11.3 Å². The molecule has 0 radical (unpaired) electrons. The molecule has 0 aliphatic carbocycles. The Balaban J connectivity index is 1.28. The second kappa shape index (κ2) is 9.64. The number of pyridine rings is 2. The van der Waals surface area contributed by atoms with Gasteiger partial charge in [0.15, 0.2) is 5.82 Å². The molecule has 6 heterocycles. The van der Waals surface area contributed by atoms with Gasteiger partial charge in [-0.15, -0.1) is 11.3 Å². The Bertz CT molecular complexity index is 1730. The first kappa shape index (κ1) is 23.6. The summed E-state index contributed by atoms with van der Waals surface area (Å²) in [5, 5.41) is 12.4. The molecule has 0 atom stereocenters. The summed E-state index contributed by atoms with van der Waals surface area (Å²) in [6, 6.07) is 18.2. The number of fused-ring (bicyclic) bond motifs is 1. The predicted molar refractivity (Wildman–Crippen MR) is 154 cm³/mol. The number of imidazole rings is 1. The maximum Gasteiger partial charge on any atom is 0.188 e. The van der Waals surface area contributed by atoms with Crippen LogP contribution in [0.15, 0.2) is 84.9 Å². The third-order valence-electron chi connectivity index (χ3n) is 7.22. The van der Waals surface area contributed by atoms with Crippen molar-refractivity contribution >= 4 is 28.2 Å². The van der Waals surface area contributed by atoms with Gasteiger partial charge < -0.3 is 19.6 Å². The number of hydrogen-bond acceptors (Lipinski definition) is 8. The molecule has 7 rings (SSSR count). The van der Waals surface area contributed by atoms with E-state index < -0.39 is 0 Å². The van der Waals surface area contributed by atoms with Crippen molar-refractivity contribution in [3.8, 4) is 38.9 Å². The molecule has 1 aromatic carbocycles. The summed E-state index contributed by atoms with van der Waals surface area (Å²) in [5.41, 5.74) is 6.59. The van der Waals surface area contributed by atoms with Gasteiger partial charge in [0.25, 0.3) is 0 Å². The molecule has 5 aromatic heterocycles. The van der Waals surface area contributed by atoms with Gasteiger partial charge in [-0.1, -0.05) is 12.1 Å². The molecule has 6 aromatic rings. The van der Waals surface area contributed by atoms with Crippen molar-refractivity contribution in [1.29, 1.82) is 0 Å². The molecule has 1 aliphatic heterocycles. The van der Waals surface area contributed by atoms with Crippen molar-refractivity contribution in [2.24, 2.45) is 0 Å². The van der Waals surface area contributed by atoms with Crippen LogP contribution in [0.25, 0.3) is 49.9 Å². The summed E-state index contributed by atoms with van der Waals surface area (Å²) in [6.07, 6.45) is 7.37. The van der Waals surface area contributed by atoms with E-state index in [0.29, 0.717) is 17.2 Å². The molecule has 0 amide bonds. The fraction of sp³-hybridized carbons (Fsp3) is 0.172. The number of rotatable bonds is 5. The summed E-state index contributed by atoms with van der Waals surface area (Å²) in [5.74, 6) is 1.40. The van der Waals surface area contributed by atoms with E-state index >= 15 is 0 Å². The molecule has 194 valence electrons. The van der Waals surface area contributed by atoms with Crippen LogP contribution in [-0.4, -0.2) is 72.6 Å². The molecule has 1 fully saturated rings. The topological polar surface area (TPSA) is 88.1 Å². The van der Waals surface area contributed by atoms with E-state index in [0.717, 1.165) is 69.5 Å². The van der Waals surface area contributed by atoms with Crippen LogP contribution in [-0.2, 0) is 0 Å². The minimum atomic E-state index is 0.454. The zero-order valence-electron chi connectivity index (χ0n) is 21.3. The quantitative estimate of drug-likeness (QED) is 0.309. The number of nitrogens with zero attached hydrogens (tertiary/aromatic N) is 8. The molecule has 1 aliphatic rings. The summed E-state index contributed by atoms with van der Waals surface area (Å²) >= 11 is 1.43. The summed E-state index contributed by atoms with van der Waals surface area (Å²) < 4.78 is 3.22. The number of thiazole rings is 1. The molecule has 0 bridgehead atoms. The average molecular weight is 535 g/mol. The molecular formula is C29H26N8OS. The smallest absolute Gasteiger partial charge is 0.188 e. The molecule has 0 unspecified atom stereocenters. The Morgan fingerprint density at radius 1 is 0.872 bits per heavy atom. The fourth-order valence-electron chi connectivity index (χ4n) is 5.06.